The van der Waals surface area contributed by atoms with E-state index in [1.807, 2.05) is 0 Å². The summed E-state index contributed by atoms with van der Waals surface area (Å²) in [4.78, 5) is 0. The van der Waals surface area contributed by atoms with Gasteiger partial charge in [-0.1, -0.05) is 24.3 Å². The van der Waals surface area contributed by atoms with Crippen molar-refractivity contribution in [1.29, 1.82) is 0 Å². The second-order valence-electron chi connectivity index (χ2n) is 7.82. The lowest BCUT2D eigenvalue weighted by Crippen LogP contribution is -2.37. The molecule has 0 bridgehead atoms. The van der Waals surface area contributed by atoms with E-state index in [1.54, 1.807) is 11.1 Å². The molecule has 2 aromatic rings. The van der Waals surface area contributed by atoms with Crippen molar-refractivity contribution in [3.8, 4) is 0 Å². The summed E-state index contributed by atoms with van der Waals surface area (Å²) >= 11 is 0. The van der Waals surface area contributed by atoms with Crippen LogP contribution in [0.4, 0.5) is 26.3 Å². The molecule has 2 aliphatic heterocycles. The standard InChI is InChI=1S/C23H21F6N3O/c24-22(25,26)17-5-1-14(2-6-17)11-16-12-30-13-19-20(31-32(9-10-33)21(16)19)15-3-7-18(8-4-15)23(27,28)29/h1-8,11,20,30-31,33H,9-10,12-13H2/b16-11+. The Morgan fingerprint density at radius 3 is 2.00 bits per heavy atom. The van der Waals surface area contributed by atoms with Crippen molar-refractivity contribution < 1.29 is 31.4 Å². The topological polar surface area (TPSA) is 47.5 Å². The Morgan fingerprint density at radius 2 is 1.45 bits per heavy atom. The zero-order valence-electron chi connectivity index (χ0n) is 17.3. The number of nitrogens with zero attached hydrogens (tertiary/aromatic N) is 1. The predicted molar refractivity (Wildman–Crippen MR) is 110 cm³/mol. The van der Waals surface area contributed by atoms with Gasteiger partial charge in [-0.05, 0) is 52.6 Å². The lowest BCUT2D eigenvalue weighted by atomic mass is 9.92. The van der Waals surface area contributed by atoms with Gasteiger partial charge in [0.05, 0.1) is 36.0 Å². The number of aliphatic hydroxyl groups is 1. The van der Waals surface area contributed by atoms with Gasteiger partial charge in [0.2, 0.25) is 0 Å². The van der Waals surface area contributed by atoms with Crippen molar-refractivity contribution in [2.75, 3.05) is 26.2 Å². The van der Waals surface area contributed by atoms with Crippen molar-refractivity contribution in [3.63, 3.8) is 0 Å². The van der Waals surface area contributed by atoms with Crippen LogP contribution in [-0.2, 0) is 12.4 Å². The number of β-amino-alcohol motifs (C(OH)–C–C–N with tert-alkyl or cyclic N) is 1. The van der Waals surface area contributed by atoms with Crippen LogP contribution in [0, 0.1) is 0 Å². The van der Waals surface area contributed by atoms with Gasteiger partial charge in [0.25, 0.3) is 0 Å². The van der Waals surface area contributed by atoms with Crippen molar-refractivity contribution in [2.45, 2.75) is 18.4 Å². The van der Waals surface area contributed by atoms with E-state index in [0.29, 0.717) is 24.2 Å². The van der Waals surface area contributed by atoms with E-state index < -0.39 is 29.5 Å². The maximum atomic E-state index is 12.9. The molecular weight excluding hydrogens is 448 g/mol. The zero-order chi connectivity index (χ0) is 23.8. The summed E-state index contributed by atoms with van der Waals surface area (Å²) in [5.41, 5.74) is 5.44. The first kappa shape index (κ1) is 23.3. The monoisotopic (exact) mass is 469 g/mol. The van der Waals surface area contributed by atoms with E-state index in [-0.39, 0.29) is 13.2 Å². The molecule has 2 aliphatic rings. The van der Waals surface area contributed by atoms with Crippen LogP contribution in [0.5, 0.6) is 0 Å². The number of halogens is 6. The number of benzene rings is 2. The van der Waals surface area contributed by atoms with Crippen LogP contribution in [0.15, 0.2) is 65.4 Å². The Hall–Kier alpha value is -2.82. The van der Waals surface area contributed by atoms with E-state index in [4.69, 9.17) is 0 Å². The highest BCUT2D eigenvalue weighted by Gasteiger charge is 2.36. The Labute approximate surface area is 186 Å². The van der Waals surface area contributed by atoms with Crippen LogP contribution in [-0.4, -0.2) is 36.4 Å². The van der Waals surface area contributed by atoms with Gasteiger partial charge in [0.15, 0.2) is 0 Å². The van der Waals surface area contributed by atoms with Crippen LogP contribution in [0.1, 0.15) is 28.3 Å². The Kier molecular flexibility index (Phi) is 6.26. The molecule has 3 N–H and O–H groups in total. The number of hydrogen-bond acceptors (Lipinski definition) is 4. The highest BCUT2D eigenvalue weighted by Crippen LogP contribution is 2.39. The number of hydrogen-bond donors (Lipinski definition) is 3. The molecule has 0 saturated heterocycles. The summed E-state index contributed by atoms with van der Waals surface area (Å²) in [6.07, 6.45) is -7.09. The van der Waals surface area contributed by atoms with Gasteiger partial charge >= 0.3 is 12.4 Å². The maximum absolute atomic E-state index is 12.9. The number of aliphatic hydroxyl groups excluding tert-OH is 1. The molecule has 4 nitrogen and oxygen atoms in total. The second kappa shape index (κ2) is 8.85. The number of alkyl halides is 6. The molecule has 0 radical (unpaired) electrons. The SMILES string of the molecule is OCCN1NC(c2ccc(C(F)(F)F)cc2)C2=C1/C(=C/c1ccc(C(F)(F)F)cc1)CNC2. The quantitative estimate of drug-likeness (QED) is 0.577. The lowest BCUT2D eigenvalue weighted by molar-refractivity contribution is -0.138. The average molecular weight is 469 g/mol. The molecule has 176 valence electrons. The molecule has 2 aromatic carbocycles. The minimum absolute atomic E-state index is 0.162. The Bertz CT molecular complexity index is 1060. The summed E-state index contributed by atoms with van der Waals surface area (Å²) < 4.78 is 77.4. The molecule has 33 heavy (non-hydrogen) atoms. The van der Waals surface area contributed by atoms with Crippen LogP contribution >= 0.6 is 0 Å². The van der Waals surface area contributed by atoms with Crippen molar-refractivity contribution >= 4 is 6.08 Å². The maximum Gasteiger partial charge on any atom is 0.416 e. The molecule has 0 aromatic heterocycles. The third-order valence-corrected chi connectivity index (χ3v) is 5.62. The molecule has 0 aliphatic carbocycles. The lowest BCUT2D eigenvalue weighted by Gasteiger charge is -2.26. The van der Waals surface area contributed by atoms with Crippen molar-refractivity contribution in [2.24, 2.45) is 0 Å². The second-order valence-corrected chi connectivity index (χ2v) is 7.82. The van der Waals surface area contributed by atoms with Gasteiger partial charge in [-0.15, -0.1) is 0 Å². The van der Waals surface area contributed by atoms with Gasteiger partial charge in [-0.25, -0.2) is 5.43 Å². The summed E-state index contributed by atoms with van der Waals surface area (Å²) in [6.45, 7) is 0.994. The van der Waals surface area contributed by atoms with Crippen LogP contribution in [0.25, 0.3) is 6.08 Å². The van der Waals surface area contributed by atoms with Crippen molar-refractivity contribution in [1.82, 2.24) is 15.8 Å². The van der Waals surface area contributed by atoms with Gasteiger partial charge in [-0.2, -0.15) is 26.3 Å². The molecule has 2 heterocycles. The van der Waals surface area contributed by atoms with E-state index in [9.17, 15) is 31.4 Å². The molecular formula is C23H21F6N3O. The third kappa shape index (κ3) is 4.92. The van der Waals surface area contributed by atoms with Gasteiger partial charge in [0.1, 0.15) is 0 Å². The van der Waals surface area contributed by atoms with Crippen LogP contribution < -0.4 is 10.7 Å². The molecule has 10 heteroatoms. The third-order valence-electron chi connectivity index (χ3n) is 5.62. The predicted octanol–water partition coefficient (Wildman–Crippen LogP) is 4.52. The van der Waals surface area contributed by atoms with E-state index in [0.717, 1.165) is 41.1 Å². The average Bonchev–Trinajstić information content (AvgIpc) is 3.13. The minimum Gasteiger partial charge on any atom is -0.394 e. The smallest absolute Gasteiger partial charge is 0.394 e. The zero-order valence-corrected chi connectivity index (χ0v) is 17.3. The number of nitrogens with one attached hydrogen (secondary N) is 2. The van der Waals surface area contributed by atoms with Gasteiger partial charge in [0, 0.05) is 13.1 Å². The minimum atomic E-state index is -4.43. The Morgan fingerprint density at radius 1 is 0.879 bits per heavy atom. The van der Waals surface area contributed by atoms with Gasteiger partial charge < -0.3 is 15.4 Å². The fourth-order valence-corrected chi connectivity index (χ4v) is 4.09. The Balaban J connectivity index is 1.68. The molecule has 0 saturated carbocycles. The van der Waals surface area contributed by atoms with E-state index in [2.05, 4.69) is 10.7 Å². The molecule has 0 amide bonds. The molecule has 4 rings (SSSR count). The summed E-state index contributed by atoms with van der Waals surface area (Å²) in [5.74, 6) is 0. The van der Waals surface area contributed by atoms with Crippen LogP contribution in [0.3, 0.4) is 0 Å². The summed E-state index contributed by atoms with van der Waals surface area (Å²) in [5, 5.41) is 14.5. The fraction of sp³-hybridized carbons (Fsp3) is 0.304. The normalized spacial score (nSPS) is 20.5. The molecule has 0 spiro atoms. The highest BCUT2D eigenvalue weighted by atomic mass is 19.4. The van der Waals surface area contributed by atoms with Crippen LogP contribution in [0.2, 0.25) is 0 Å². The summed E-state index contributed by atoms with van der Waals surface area (Å²) in [6, 6.07) is 9.29. The largest absolute Gasteiger partial charge is 0.416 e. The fourth-order valence-electron chi connectivity index (χ4n) is 4.09. The van der Waals surface area contributed by atoms with Crippen molar-refractivity contribution in [3.05, 3.63) is 87.6 Å². The van der Waals surface area contributed by atoms with E-state index >= 15 is 0 Å². The number of hydrazine groups is 1. The summed E-state index contributed by atoms with van der Waals surface area (Å²) in [7, 11) is 0. The van der Waals surface area contributed by atoms with Gasteiger partial charge in [-0.3, -0.25) is 0 Å². The molecule has 1 atom stereocenters. The molecule has 0 fully saturated rings. The first-order valence-corrected chi connectivity index (χ1v) is 10.2. The first-order valence-electron chi connectivity index (χ1n) is 10.2. The number of rotatable bonds is 4. The first-order chi connectivity index (χ1) is 15.6. The van der Waals surface area contributed by atoms with E-state index in [1.165, 1.54) is 24.3 Å². The molecule has 1 unspecified atom stereocenters. The highest BCUT2D eigenvalue weighted by molar-refractivity contribution is 5.62.